The fourth-order valence-electron chi connectivity index (χ4n) is 2.14. The van der Waals surface area contributed by atoms with E-state index in [1.807, 2.05) is 55.9 Å². The topological polar surface area (TPSA) is 56.1 Å². The van der Waals surface area contributed by atoms with E-state index in [1.165, 1.54) is 0 Å². The van der Waals surface area contributed by atoms with Gasteiger partial charge in [-0.25, -0.2) is 4.98 Å². The monoisotopic (exact) mass is 301 g/mol. The molecule has 0 bridgehead atoms. The molecule has 0 aliphatic heterocycles. The zero-order chi connectivity index (χ0) is 16.1. The summed E-state index contributed by atoms with van der Waals surface area (Å²) in [4.78, 5) is 16.2. The Hall–Kier alpha value is -2.14. The Bertz CT molecular complexity index is 632. The Labute approximate surface area is 131 Å². The second kappa shape index (κ2) is 7.22. The number of rotatable bonds is 6. The van der Waals surface area contributed by atoms with Crippen molar-refractivity contribution in [3.8, 4) is 5.69 Å². The summed E-state index contributed by atoms with van der Waals surface area (Å²) in [6.07, 6.45) is 3.08. The van der Waals surface area contributed by atoms with E-state index in [2.05, 4.69) is 10.3 Å². The van der Waals surface area contributed by atoms with Crippen molar-refractivity contribution in [1.82, 2.24) is 9.55 Å². The lowest BCUT2D eigenvalue weighted by atomic mass is 10.2. The number of ether oxygens (including phenoxy) is 1. The van der Waals surface area contributed by atoms with Crippen molar-refractivity contribution in [2.24, 2.45) is 0 Å². The van der Waals surface area contributed by atoms with Gasteiger partial charge in [-0.15, -0.1) is 0 Å². The van der Waals surface area contributed by atoms with Crippen LogP contribution in [-0.2, 0) is 9.53 Å². The molecule has 0 saturated carbocycles. The van der Waals surface area contributed by atoms with Crippen LogP contribution in [0.25, 0.3) is 5.69 Å². The number of methoxy groups -OCH3 is 1. The molecule has 1 unspecified atom stereocenters. The molecule has 0 saturated heterocycles. The molecule has 0 aliphatic carbocycles. The maximum Gasteiger partial charge on any atom is 0.224 e. The van der Waals surface area contributed by atoms with Crippen LogP contribution in [0, 0.1) is 13.8 Å². The zero-order valence-corrected chi connectivity index (χ0v) is 13.6. The lowest BCUT2D eigenvalue weighted by Gasteiger charge is -2.10. The molecule has 1 amide bonds. The summed E-state index contributed by atoms with van der Waals surface area (Å²) in [6.45, 7) is 5.98. The van der Waals surface area contributed by atoms with Crippen molar-refractivity contribution in [2.75, 3.05) is 12.4 Å². The van der Waals surface area contributed by atoms with E-state index in [0.717, 1.165) is 22.8 Å². The number of anilines is 1. The lowest BCUT2D eigenvalue weighted by molar-refractivity contribution is -0.116. The van der Waals surface area contributed by atoms with Crippen molar-refractivity contribution in [1.29, 1.82) is 0 Å². The van der Waals surface area contributed by atoms with Gasteiger partial charge in [0.05, 0.1) is 18.1 Å². The summed E-state index contributed by atoms with van der Waals surface area (Å²) in [7, 11) is 1.65. The number of aryl methyl sites for hydroxylation is 1. The van der Waals surface area contributed by atoms with Crippen LogP contribution in [0.15, 0.2) is 30.6 Å². The number of hydrogen-bond donors (Lipinski definition) is 1. The van der Waals surface area contributed by atoms with Gasteiger partial charge in [0.15, 0.2) is 0 Å². The molecular formula is C17H23N3O2. The molecule has 5 nitrogen and oxygen atoms in total. The number of aromatic nitrogens is 2. The largest absolute Gasteiger partial charge is 0.382 e. The van der Waals surface area contributed by atoms with Gasteiger partial charge in [-0.05, 0) is 51.5 Å². The third kappa shape index (κ3) is 3.95. The summed E-state index contributed by atoms with van der Waals surface area (Å²) in [6, 6.07) is 7.76. The van der Waals surface area contributed by atoms with Crippen LogP contribution in [0.2, 0.25) is 0 Å². The van der Waals surface area contributed by atoms with E-state index in [0.29, 0.717) is 12.8 Å². The van der Waals surface area contributed by atoms with Gasteiger partial charge in [0.1, 0.15) is 0 Å². The number of amides is 1. The van der Waals surface area contributed by atoms with Gasteiger partial charge in [-0.3, -0.25) is 4.79 Å². The molecule has 22 heavy (non-hydrogen) atoms. The van der Waals surface area contributed by atoms with Gasteiger partial charge in [-0.1, -0.05) is 0 Å². The molecule has 1 N–H and O–H groups in total. The van der Waals surface area contributed by atoms with Crippen LogP contribution in [0.4, 0.5) is 5.69 Å². The number of carbonyl (C=O) groups is 1. The predicted molar refractivity (Wildman–Crippen MR) is 87.4 cm³/mol. The van der Waals surface area contributed by atoms with E-state index in [1.54, 1.807) is 7.11 Å². The molecule has 0 fully saturated rings. The molecule has 1 atom stereocenters. The number of carbonyl (C=O) groups excluding carboxylic acids is 1. The molecule has 1 aromatic carbocycles. The third-order valence-corrected chi connectivity index (χ3v) is 3.86. The molecule has 0 aliphatic rings. The molecule has 2 rings (SSSR count). The highest BCUT2D eigenvalue weighted by molar-refractivity contribution is 5.90. The first kappa shape index (κ1) is 16.2. The fourth-order valence-corrected chi connectivity index (χ4v) is 2.14. The number of hydrogen-bond acceptors (Lipinski definition) is 3. The Balaban J connectivity index is 1.97. The van der Waals surface area contributed by atoms with Crippen LogP contribution in [-0.4, -0.2) is 28.7 Å². The van der Waals surface area contributed by atoms with Gasteiger partial charge in [0.25, 0.3) is 0 Å². The molecular weight excluding hydrogens is 278 g/mol. The predicted octanol–water partition coefficient (Wildman–Crippen LogP) is 3.24. The Morgan fingerprint density at radius 3 is 2.55 bits per heavy atom. The maximum absolute atomic E-state index is 11.9. The highest BCUT2D eigenvalue weighted by Gasteiger charge is 2.07. The quantitative estimate of drug-likeness (QED) is 0.891. The Kier molecular flexibility index (Phi) is 5.33. The van der Waals surface area contributed by atoms with Crippen molar-refractivity contribution >= 4 is 11.6 Å². The SMILES string of the molecule is COC(C)CCC(=O)Nc1ccc(-n2cnc(C)c2C)cc1. The summed E-state index contributed by atoms with van der Waals surface area (Å²) in [5, 5.41) is 2.90. The van der Waals surface area contributed by atoms with E-state index in [9.17, 15) is 4.79 Å². The highest BCUT2D eigenvalue weighted by Crippen LogP contribution is 2.17. The van der Waals surface area contributed by atoms with Gasteiger partial charge < -0.3 is 14.6 Å². The summed E-state index contributed by atoms with van der Waals surface area (Å²) in [5.74, 6) is 0.00584. The maximum atomic E-state index is 11.9. The zero-order valence-electron chi connectivity index (χ0n) is 13.6. The Morgan fingerprint density at radius 1 is 1.32 bits per heavy atom. The van der Waals surface area contributed by atoms with Crippen molar-refractivity contribution in [3.05, 3.63) is 42.0 Å². The van der Waals surface area contributed by atoms with Gasteiger partial charge >= 0.3 is 0 Å². The van der Waals surface area contributed by atoms with Crippen LogP contribution < -0.4 is 5.32 Å². The minimum Gasteiger partial charge on any atom is -0.382 e. The van der Waals surface area contributed by atoms with Gasteiger partial charge in [0.2, 0.25) is 5.91 Å². The van der Waals surface area contributed by atoms with Gasteiger partial charge in [-0.2, -0.15) is 0 Å². The lowest BCUT2D eigenvalue weighted by Crippen LogP contribution is -2.15. The molecule has 2 aromatic rings. The second-order valence-electron chi connectivity index (χ2n) is 5.47. The van der Waals surface area contributed by atoms with Crippen molar-refractivity contribution in [2.45, 2.75) is 39.7 Å². The van der Waals surface area contributed by atoms with E-state index in [4.69, 9.17) is 4.74 Å². The summed E-state index contributed by atoms with van der Waals surface area (Å²) >= 11 is 0. The fraction of sp³-hybridized carbons (Fsp3) is 0.412. The van der Waals surface area contributed by atoms with Gasteiger partial charge in [0, 0.05) is 30.6 Å². The van der Waals surface area contributed by atoms with E-state index >= 15 is 0 Å². The smallest absolute Gasteiger partial charge is 0.224 e. The molecule has 1 aromatic heterocycles. The molecule has 0 radical (unpaired) electrons. The number of nitrogens with one attached hydrogen (secondary N) is 1. The normalized spacial score (nSPS) is 12.2. The average Bonchev–Trinajstić information content (AvgIpc) is 2.85. The minimum atomic E-state index is 0.00584. The molecule has 1 heterocycles. The Morgan fingerprint density at radius 2 is 2.00 bits per heavy atom. The first-order chi connectivity index (χ1) is 10.5. The first-order valence-corrected chi connectivity index (χ1v) is 7.45. The summed E-state index contributed by atoms with van der Waals surface area (Å²) < 4.78 is 7.17. The standard InChI is InChI=1S/C17H23N3O2/c1-12(22-4)5-10-17(21)19-15-6-8-16(9-7-15)20-11-18-13(2)14(20)3/h6-9,11-12H,5,10H2,1-4H3,(H,19,21). The first-order valence-electron chi connectivity index (χ1n) is 7.45. The second-order valence-corrected chi connectivity index (χ2v) is 5.47. The van der Waals surface area contributed by atoms with E-state index < -0.39 is 0 Å². The van der Waals surface area contributed by atoms with Crippen LogP contribution in [0.1, 0.15) is 31.2 Å². The summed E-state index contributed by atoms with van der Waals surface area (Å²) in [5.41, 5.74) is 3.97. The molecule has 5 heteroatoms. The third-order valence-electron chi connectivity index (χ3n) is 3.86. The number of benzene rings is 1. The van der Waals surface area contributed by atoms with Crippen molar-refractivity contribution < 1.29 is 9.53 Å². The minimum absolute atomic E-state index is 0.00584. The van der Waals surface area contributed by atoms with Crippen molar-refractivity contribution in [3.63, 3.8) is 0 Å². The molecule has 0 spiro atoms. The van der Waals surface area contributed by atoms with Crippen LogP contribution in [0.5, 0.6) is 0 Å². The highest BCUT2D eigenvalue weighted by atomic mass is 16.5. The number of nitrogens with zero attached hydrogens (tertiary/aromatic N) is 2. The van der Waals surface area contributed by atoms with Crippen LogP contribution in [0.3, 0.4) is 0 Å². The van der Waals surface area contributed by atoms with E-state index in [-0.39, 0.29) is 12.0 Å². The molecule has 118 valence electrons. The average molecular weight is 301 g/mol. The van der Waals surface area contributed by atoms with Crippen LogP contribution >= 0.6 is 0 Å². The number of imidazole rings is 1.